The fourth-order valence-electron chi connectivity index (χ4n) is 2.02. The molecule has 1 fully saturated rings. The molecular formula is C11H17F3O2. The van der Waals surface area contributed by atoms with Gasteiger partial charge in [0.15, 0.2) is 0 Å². The van der Waals surface area contributed by atoms with E-state index in [1.54, 1.807) is 0 Å². The lowest BCUT2D eigenvalue weighted by molar-refractivity contribution is -0.174. The van der Waals surface area contributed by atoms with Crippen LogP contribution in [0.5, 0.6) is 0 Å². The van der Waals surface area contributed by atoms with Crippen molar-refractivity contribution in [3.05, 3.63) is 0 Å². The van der Waals surface area contributed by atoms with E-state index in [1.807, 2.05) is 0 Å². The first-order chi connectivity index (χ1) is 7.47. The van der Waals surface area contributed by atoms with Gasteiger partial charge >= 0.3 is 6.18 Å². The Morgan fingerprint density at radius 1 is 1.38 bits per heavy atom. The van der Waals surface area contributed by atoms with E-state index in [2.05, 4.69) is 4.74 Å². The Bertz CT molecular complexity index is 226. The lowest BCUT2D eigenvalue weighted by atomic mass is 9.85. The van der Waals surface area contributed by atoms with Crippen molar-refractivity contribution in [1.82, 2.24) is 0 Å². The maximum atomic E-state index is 11.7. The average molecular weight is 238 g/mol. The molecule has 1 atom stereocenters. The van der Waals surface area contributed by atoms with Crippen molar-refractivity contribution in [2.75, 3.05) is 13.2 Å². The normalized spacial score (nSPS) is 22.4. The van der Waals surface area contributed by atoms with E-state index in [0.29, 0.717) is 25.2 Å². The summed E-state index contributed by atoms with van der Waals surface area (Å²) in [4.78, 5) is 11.1. The van der Waals surface area contributed by atoms with Crippen LogP contribution in [0.1, 0.15) is 38.5 Å². The molecule has 0 aromatic heterocycles. The highest BCUT2D eigenvalue weighted by Gasteiger charge is 2.27. The van der Waals surface area contributed by atoms with Crippen LogP contribution in [0.15, 0.2) is 0 Å². The zero-order valence-electron chi connectivity index (χ0n) is 9.18. The predicted molar refractivity (Wildman–Crippen MR) is 53.1 cm³/mol. The van der Waals surface area contributed by atoms with Crippen molar-refractivity contribution >= 4 is 5.78 Å². The number of hydrogen-bond acceptors (Lipinski definition) is 2. The molecule has 94 valence electrons. The summed E-state index contributed by atoms with van der Waals surface area (Å²) >= 11 is 0. The van der Waals surface area contributed by atoms with Crippen molar-refractivity contribution in [3.8, 4) is 0 Å². The van der Waals surface area contributed by atoms with Crippen LogP contribution in [0, 0.1) is 5.92 Å². The van der Waals surface area contributed by atoms with Crippen LogP contribution in [-0.2, 0) is 9.53 Å². The summed E-state index contributed by atoms with van der Waals surface area (Å²) < 4.78 is 39.7. The highest BCUT2D eigenvalue weighted by atomic mass is 19.4. The van der Waals surface area contributed by atoms with Gasteiger partial charge in [0.1, 0.15) is 12.4 Å². The number of carbonyl (C=O) groups is 1. The zero-order valence-corrected chi connectivity index (χ0v) is 9.18. The SMILES string of the molecule is O=C1CCCC(CCCOCC(F)(F)F)C1. The van der Waals surface area contributed by atoms with Crippen molar-refractivity contribution in [3.63, 3.8) is 0 Å². The molecule has 0 saturated heterocycles. The molecule has 2 nitrogen and oxygen atoms in total. The fraction of sp³-hybridized carbons (Fsp3) is 0.909. The van der Waals surface area contributed by atoms with Gasteiger partial charge in [0.05, 0.1) is 0 Å². The molecule has 16 heavy (non-hydrogen) atoms. The molecule has 0 aromatic rings. The van der Waals surface area contributed by atoms with Crippen LogP contribution in [0.3, 0.4) is 0 Å². The summed E-state index contributed by atoms with van der Waals surface area (Å²) in [6.45, 7) is -1.04. The van der Waals surface area contributed by atoms with E-state index in [9.17, 15) is 18.0 Å². The molecule has 1 unspecified atom stereocenters. The highest BCUT2D eigenvalue weighted by Crippen LogP contribution is 2.25. The Morgan fingerprint density at radius 3 is 2.75 bits per heavy atom. The Kier molecular flexibility index (Phi) is 5.25. The standard InChI is InChI=1S/C11H17F3O2/c12-11(13,14)8-16-6-2-4-9-3-1-5-10(15)7-9/h9H,1-8H2. The number of Topliss-reactive ketones (excluding diaryl/α,β-unsaturated/α-hetero) is 1. The fourth-order valence-corrected chi connectivity index (χ4v) is 2.02. The van der Waals surface area contributed by atoms with Crippen molar-refractivity contribution in [2.24, 2.45) is 5.92 Å². The summed E-state index contributed by atoms with van der Waals surface area (Å²) in [7, 11) is 0. The molecule has 1 aliphatic rings. The topological polar surface area (TPSA) is 26.3 Å². The molecule has 0 amide bonds. The Balaban J connectivity index is 2.00. The number of halogens is 3. The zero-order chi connectivity index (χ0) is 12.0. The van der Waals surface area contributed by atoms with Crippen LogP contribution in [0.25, 0.3) is 0 Å². The summed E-state index contributed by atoms with van der Waals surface area (Å²) in [6.07, 6.45) is 0.372. The van der Waals surface area contributed by atoms with E-state index in [1.165, 1.54) is 0 Å². The second-order valence-corrected chi connectivity index (χ2v) is 4.31. The lowest BCUT2D eigenvalue weighted by Crippen LogP contribution is -2.18. The van der Waals surface area contributed by atoms with E-state index in [4.69, 9.17) is 0 Å². The van der Waals surface area contributed by atoms with Gasteiger partial charge in [-0.2, -0.15) is 13.2 Å². The average Bonchev–Trinajstić information content (AvgIpc) is 2.15. The van der Waals surface area contributed by atoms with Gasteiger partial charge in [-0.15, -0.1) is 0 Å². The molecule has 5 heteroatoms. The van der Waals surface area contributed by atoms with Gasteiger partial charge in [0, 0.05) is 19.4 Å². The second-order valence-electron chi connectivity index (χ2n) is 4.31. The Labute approximate surface area is 93.2 Å². The maximum absolute atomic E-state index is 11.7. The largest absolute Gasteiger partial charge is 0.411 e. The van der Waals surface area contributed by atoms with E-state index in [0.717, 1.165) is 19.3 Å². The molecular weight excluding hydrogens is 221 g/mol. The first kappa shape index (κ1) is 13.5. The third kappa shape index (κ3) is 6.10. The maximum Gasteiger partial charge on any atom is 0.411 e. The summed E-state index contributed by atoms with van der Waals surface area (Å²) in [6, 6.07) is 0. The quantitative estimate of drug-likeness (QED) is 0.688. The first-order valence-corrected chi connectivity index (χ1v) is 5.63. The summed E-state index contributed by atoms with van der Waals surface area (Å²) in [5.41, 5.74) is 0. The molecule has 1 rings (SSSR count). The smallest absolute Gasteiger partial charge is 0.372 e. The molecule has 0 N–H and O–H groups in total. The third-order valence-electron chi connectivity index (χ3n) is 2.75. The van der Waals surface area contributed by atoms with E-state index < -0.39 is 12.8 Å². The molecule has 0 radical (unpaired) electrons. The van der Waals surface area contributed by atoms with Crippen molar-refractivity contribution < 1.29 is 22.7 Å². The van der Waals surface area contributed by atoms with Gasteiger partial charge in [-0.05, 0) is 31.6 Å². The van der Waals surface area contributed by atoms with Crippen LogP contribution in [-0.4, -0.2) is 25.2 Å². The van der Waals surface area contributed by atoms with Crippen molar-refractivity contribution in [1.29, 1.82) is 0 Å². The number of carbonyl (C=O) groups excluding carboxylic acids is 1. The minimum Gasteiger partial charge on any atom is -0.372 e. The number of alkyl halides is 3. The van der Waals surface area contributed by atoms with Crippen LogP contribution in [0.2, 0.25) is 0 Å². The molecule has 0 aromatic carbocycles. The third-order valence-corrected chi connectivity index (χ3v) is 2.75. The minimum absolute atomic E-state index is 0.129. The molecule has 1 saturated carbocycles. The Morgan fingerprint density at radius 2 is 2.12 bits per heavy atom. The molecule has 0 spiro atoms. The van der Waals surface area contributed by atoms with Gasteiger partial charge < -0.3 is 4.74 Å². The molecule has 0 heterocycles. The monoisotopic (exact) mass is 238 g/mol. The number of ketones is 1. The summed E-state index contributed by atoms with van der Waals surface area (Å²) in [5, 5.41) is 0. The van der Waals surface area contributed by atoms with Gasteiger partial charge in [0.25, 0.3) is 0 Å². The lowest BCUT2D eigenvalue weighted by Gasteiger charge is -2.20. The predicted octanol–water partition coefficient (Wildman–Crippen LogP) is 3.10. The van der Waals surface area contributed by atoms with Gasteiger partial charge in [0.2, 0.25) is 0 Å². The molecule has 0 bridgehead atoms. The van der Waals surface area contributed by atoms with Crippen LogP contribution >= 0.6 is 0 Å². The van der Waals surface area contributed by atoms with Gasteiger partial charge in [-0.3, -0.25) is 4.79 Å². The number of ether oxygens (including phenoxy) is 1. The highest BCUT2D eigenvalue weighted by molar-refractivity contribution is 5.79. The minimum atomic E-state index is -4.24. The second kappa shape index (κ2) is 6.23. The number of rotatable bonds is 5. The van der Waals surface area contributed by atoms with Crippen molar-refractivity contribution in [2.45, 2.75) is 44.7 Å². The first-order valence-electron chi connectivity index (χ1n) is 5.63. The summed E-state index contributed by atoms with van der Waals surface area (Å²) in [5.74, 6) is 0.642. The van der Waals surface area contributed by atoms with E-state index >= 15 is 0 Å². The van der Waals surface area contributed by atoms with Gasteiger partial charge in [-0.25, -0.2) is 0 Å². The van der Waals surface area contributed by atoms with Crippen LogP contribution in [0.4, 0.5) is 13.2 Å². The van der Waals surface area contributed by atoms with Crippen LogP contribution < -0.4 is 0 Å². The van der Waals surface area contributed by atoms with E-state index in [-0.39, 0.29) is 12.4 Å². The Hall–Kier alpha value is -0.580. The van der Waals surface area contributed by atoms with Gasteiger partial charge in [-0.1, -0.05) is 0 Å². The molecule has 1 aliphatic carbocycles. The molecule has 0 aliphatic heterocycles. The number of hydrogen-bond donors (Lipinski definition) is 0.